The van der Waals surface area contributed by atoms with E-state index in [1.54, 1.807) is 20.8 Å². The van der Waals surface area contributed by atoms with Crippen molar-refractivity contribution in [1.82, 2.24) is 10.6 Å². The molecule has 6 nitrogen and oxygen atoms in total. The van der Waals surface area contributed by atoms with Crippen LogP contribution in [0.4, 0.5) is 4.79 Å². The van der Waals surface area contributed by atoms with Gasteiger partial charge >= 0.3 is 6.09 Å². The van der Waals surface area contributed by atoms with Gasteiger partial charge in [-0.05, 0) is 68.7 Å². The fraction of sp³-hybridized carbons (Fsp3) is 0.316. The Kier molecular flexibility index (Phi) is 11.7. The monoisotopic (exact) mass is 592 g/mol. The fourth-order valence-electron chi connectivity index (χ4n) is 5.35. The molecule has 0 radical (unpaired) electrons. The van der Waals surface area contributed by atoms with Crippen molar-refractivity contribution in [2.24, 2.45) is 5.92 Å². The maximum Gasteiger partial charge on any atom is 0.407 e. The average molecular weight is 593 g/mol. The van der Waals surface area contributed by atoms with Crippen molar-refractivity contribution in [2.45, 2.75) is 70.2 Å². The summed E-state index contributed by atoms with van der Waals surface area (Å²) >= 11 is 0. The normalized spacial score (nSPS) is 13.5. The largest absolute Gasteiger partial charge is 0.444 e. The lowest BCUT2D eigenvalue weighted by Crippen LogP contribution is -2.57. The molecule has 0 aliphatic carbocycles. The van der Waals surface area contributed by atoms with Crippen LogP contribution in [0.15, 0.2) is 121 Å². The molecule has 4 aromatic rings. The number of hydrogen-bond donors (Lipinski definition) is 3. The smallest absolute Gasteiger partial charge is 0.407 e. The highest BCUT2D eigenvalue weighted by Crippen LogP contribution is 2.19. The molecule has 3 N–H and O–H groups in total. The minimum absolute atomic E-state index is 0.145. The molecule has 44 heavy (non-hydrogen) atoms. The minimum Gasteiger partial charge on any atom is -0.444 e. The molecule has 4 aromatic carbocycles. The van der Waals surface area contributed by atoms with Crippen LogP contribution in [0.5, 0.6) is 0 Å². The first-order valence-electron chi connectivity index (χ1n) is 15.3. The third kappa shape index (κ3) is 10.7. The summed E-state index contributed by atoms with van der Waals surface area (Å²) in [7, 11) is 0. The lowest BCUT2D eigenvalue weighted by molar-refractivity contribution is -0.126. The number of amides is 2. The molecule has 0 spiro atoms. The van der Waals surface area contributed by atoms with E-state index in [0.717, 1.165) is 22.3 Å². The predicted molar refractivity (Wildman–Crippen MR) is 175 cm³/mol. The van der Waals surface area contributed by atoms with Gasteiger partial charge in [0.15, 0.2) is 0 Å². The van der Waals surface area contributed by atoms with Gasteiger partial charge in [0.25, 0.3) is 0 Å². The first-order chi connectivity index (χ1) is 21.2. The van der Waals surface area contributed by atoms with Gasteiger partial charge in [0, 0.05) is 5.92 Å². The zero-order valence-corrected chi connectivity index (χ0v) is 25.9. The van der Waals surface area contributed by atoms with Gasteiger partial charge in [0.1, 0.15) is 5.60 Å². The van der Waals surface area contributed by atoms with E-state index >= 15 is 0 Å². The Morgan fingerprint density at radius 1 is 0.591 bits per heavy atom. The first kappa shape index (κ1) is 32.5. The number of alkyl carbamates (subject to hydrolysis) is 1. The van der Waals surface area contributed by atoms with Crippen molar-refractivity contribution in [3.63, 3.8) is 0 Å². The highest BCUT2D eigenvalue weighted by atomic mass is 16.6. The van der Waals surface area contributed by atoms with Crippen molar-refractivity contribution >= 4 is 12.0 Å². The molecule has 230 valence electrons. The molecule has 0 saturated carbocycles. The van der Waals surface area contributed by atoms with E-state index in [0.29, 0.717) is 25.7 Å². The number of carbonyl (C=O) groups excluding carboxylic acids is 2. The molecule has 0 aliphatic rings. The van der Waals surface area contributed by atoms with Gasteiger partial charge in [0.2, 0.25) is 5.91 Å². The number of ether oxygens (including phenoxy) is 1. The topological polar surface area (TPSA) is 87.7 Å². The minimum atomic E-state index is -1.11. The van der Waals surface area contributed by atoms with Crippen molar-refractivity contribution in [3.8, 4) is 0 Å². The van der Waals surface area contributed by atoms with Crippen LogP contribution < -0.4 is 10.6 Å². The van der Waals surface area contributed by atoms with Crippen LogP contribution in [-0.2, 0) is 35.2 Å². The Labute approximate surface area is 261 Å². The highest BCUT2D eigenvalue weighted by molar-refractivity contribution is 5.80. The average Bonchev–Trinajstić information content (AvgIpc) is 3.01. The van der Waals surface area contributed by atoms with Crippen LogP contribution in [0.25, 0.3) is 0 Å². The van der Waals surface area contributed by atoms with E-state index in [2.05, 4.69) is 10.6 Å². The Morgan fingerprint density at radius 3 is 1.30 bits per heavy atom. The van der Waals surface area contributed by atoms with Crippen molar-refractivity contribution in [2.75, 3.05) is 0 Å². The summed E-state index contributed by atoms with van der Waals surface area (Å²) in [6, 6.07) is 38.0. The van der Waals surface area contributed by atoms with Gasteiger partial charge in [-0.25, -0.2) is 4.79 Å². The quantitative estimate of drug-likeness (QED) is 0.170. The van der Waals surface area contributed by atoms with Gasteiger partial charge in [-0.1, -0.05) is 121 Å². The maximum atomic E-state index is 14.1. The number of nitrogens with one attached hydrogen (secondary N) is 2. The number of aliphatic hydroxyl groups excluding tert-OH is 1. The van der Waals surface area contributed by atoms with E-state index in [1.807, 2.05) is 121 Å². The lowest BCUT2D eigenvalue weighted by Gasteiger charge is -2.33. The van der Waals surface area contributed by atoms with E-state index in [9.17, 15) is 14.7 Å². The molecule has 2 amide bonds. The zero-order chi connectivity index (χ0) is 31.4. The molecule has 0 bridgehead atoms. The summed E-state index contributed by atoms with van der Waals surface area (Å²) in [6.07, 6.45) is 0.131. The third-order valence-electron chi connectivity index (χ3n) is 7.47. The van der Waals surface area contributed by atoms with E-state index in [4.69, 9.17) is 4.74 Å². The predicted octanol–water partition coefficient (Wildman–Crippen LogP) is 6.31. The summed E-state index contributed by atoms with van der Waals surface area (Å²) in [4.78, 5) is 27.1. The SMILES string of the molecule is CC(C)(C)OC(=O)NC(Cc1ccccc1)[C@@H](O)C(Cc1ccccc1)NC(=O)C(Cc1ccccc1)Cc1ccccc1. The second kappa shape index (κ2) is 15.9. The lowest BCUT2D eigenvalue weighted by atomic mass is 9.89. The number of benzene rings is 4. The number of hydrogen-bond acceptors (Lipinski definition) is 4. The van der Waals surface area contributed by atoms with Crippen LogP contribution in [0, 0.1) is 5.92 Å². The van der Waals surface area contributed by atoms with Gasteiger partial charge in [-0.2, -0.15) is 0 Å². The molecular formula is C38H44N2O4. The summed E-state index contributed by atoms with van der Waals surface area (Å²) < 4.78 is 5.56. The summed E-state index contributed by atoms with van der Waals surface area (Å²) in [5, 5.41) is 18.1. The van der Waals surface area contributed by atoms with Gasteiger partial charge in [0.05, 0.1) is 18.2 Å². The second-order valence-corrected chi connectivity index (χ2v) is 12.3. The standard InChI is InChI=1S/C38H44N2O4/c1-38(2,3)44-37(43)40-34(27-31-22-14-7-15-23-31)35(41)33(26-30-20-12-6-13-21-30)39-36(42)32(24-28-16-8-4-9-17-28)25-29-18-10-5-11-19-29/h4-23,32-35,41H,24-27H2,1-3H3,(H,39,42)(H,40,43)/t33?,34?,35-/m0/s1. The van der Waals surface area contributed by atoms with Crippen LogP contribution >= 0.6 is 0 Å². The molecule has 6 heteroatoms. The Balaban J connectivity index is 1.62. The molecule has 0 saturated heterocycles. The molecule has 2 unspecified atom stereocenters. The van der Waals surface area contributed by atoms with Crippen molar-refractivity contribution < 1.29 is 19.4 Å². The molecular weight excluding hydrogens is 548 g/mol. The molecule has 4 rings (SSSR count). The van der Waals surface area contributed by atoms with Crippen molar-refractivity contribution in [1.29, 1.82) is 0 Å². The summed E-state index contributed by atoms with van der Waals surface area (Å²) in [5.74, 6) is -0.509. The van der Waals surface area contributed by atoms with Crippen LogP contribution in [-0.4, -0.2) is 40.9 Å². The number of aliphatic hydroxyl groups is 1. The Hall–Kier alpha value is -4.42. The Morgan fingerprint density at radius 2 is 0.932 bits per heavy atom. The molecule has 0 aliphatic heterocycles. The van der Waals surface area contributed by atoms with E-state index < -0.39 is 29.9 Å². The first-order valence-corrected chi connectivity index (χ1v) is 15.3. The van der Waals surface area contributed by atoms with Gasteiger partial charge in [-0.3, -0.25) is 4.79 Å². The van der Waals surface area contributed by atoms with E-state index in [1.165, 1.54) is 0 Å². The molecule has 3 atom stereocenters. The van der Waals surface area contributed by atoms with Gasteiger partial charge < -0.3 is 20.5 Å². The Bertz CT molecular complexity index is 1380. The summed E-state index contributed by atoms with van der Waals surface area (Å²) in [6.45, 7) is 5.40. The third-order valence-corrected chi connectivity index (χ3v) is 7.47. The van der Waals surface area contributed by atoms with E-state index in [-0.39, 0.29) is 11.8 Å². The van der Waals surface area contributed by atoms with Crippen LogP contribution in [0.2, 0.25) is 0 Å². The second-order valence-electron chi connectivity index (χ2n) is 12.3. The van der Waals surface area contributed by atoms with Crippen molar-refractivity contribution in [3.05, 3.63) is 144 Å². The summed E-state index contributed by atoms with van der Waals surface area (Å²) in [5.41, 5.74) is 3.35. The van der Waals surface area contributed by atoms with Crippen LogP contribution in [0.3, 0.4) is 0 Å². The van der Waals surface area contributed by atoms with Crippen LogP contribution in [0.1, 0.15) is 43.0 Å². The molecule has 0 fully saturated rings. The molecule has 0 aromatic heterocycles. The number of rotatable bonds is 13. The zero-order valence-electron chi connectivity index (χ0n) is 25.9. The highest BCUT2D eigenvalue weighted by Gasteiger charge is 2.33. The molecule has 0 heterocycles. The number of carbonyl (C=O) groups is 2. The fourth-order valence-corrected chi connectivity index (χ4v) is 5.35. The maximum absolute atomic E-state index is 14.1. The van der Waals surface area contributed by atoms with Gasteiger partial charge in [-0.15, -0.1) is 0 Å².